The lowest BCUT2D eigenvalue weighted by atomic mass is 9.94. The van der Waals surface area contributed by atoms with Crippen molar-refractivity contribution in [2.45, 2.75) is 38.8 Å². The van der Waals surface area contributed by atoms with Crippen molar-refractivity contribution in [2.24, 2.45) is 5.73 Å². The largest absolute Gasteiger partial charge is 0.353 e. The number of nitrogens with one attached hydrogen (secondary N) is 1. The molecule has 26 heavy (non-hydrogen) atoms. The van der Waals surface area contributed by atoms with E-state index in [-0.39, 0.29) is 23.4 Å². The predicted molar refractivity (Wildman–Crippen MR) is 106 cm³/mol. The Bertz CT molecular complexity index is 943. The highest BCUT2D eigenvalue weighted by molar-refractivity contribution is 5.94. The number of fused-ring (bicyclic) bond motifs is 2. The number of nitrogens with zero attached hydrogens (tertiary/aromatic N) is 1. The van der Waals surface area contributed by atoms with Gasteiger partial charge < -0.3 is 15.6 Å². The highest BCUT2D eigenvalue weighted by Crippen LogP contribution is 2.19. The molecule has 0 aliphatic heterocycles. The van der Waals surface area contributed by atoms with Gasteiger partial charge in [0, 0.05) is 22.9 Å². The number of benzene rings is 2. The highest BCUT2D eigenvalue weighted by Gasteiger charge is 2.21. The van der Waals surface area contributed by atoms with E-state index < -0.39 is 0 Å². The van der Waals surface area contributed by atoms with Gasteiger partial charge in [0.2, 0.25) is 5.91 Å². The van der Waals surface area contributed by atoms with Crippen LogP contribution in [-0.4, -0.2) is 22.6 Å². The zero-order valence-electron chi connectivity index (χ0n) is 15.3. The number of para-hydroxylation sites is 2. The molecule has 1 heterocycles. The summed E-state index contributed by atoms with van der Waals surface area (Å²) in [7, 11) is 0. The van der Waals surface area contributed by atoms with E-state index in [1.165, 1.54) is 0 Å². The summed E-state index contributed by atoms with van der Waals surface area (Å²) in [6.07, 6.45) is 1.60. The molecule has 1 aromatic heterocycles. The van der Waals surface area contributed by atoms with E-state index in [0.717, 1.165) is 23.9 Å². The van der Waals surface area contributed by atoms with Crippen LogP contribution in [0.15, 0.2) is 53.3 Å². The monoisotopic (exact) mass is 351 g/mol. The zero-order chi connectivity index (χ0) is 18.7. The first kappa shape index (κ1) is 18.1. The molecule has 0 radical (unpaired) electrons. The molecular weight excluding hydrogens is 326 g/mol. The summed E-state index contributed by atoms with van der Waals surface area (Å²) in [5.41, 5.74) is 7.40. The molecule has 2 aromatic carbocycles. The maximum absolute atomic E-state index is 12.7. The van der Waals surface area contributed by atoms with Crippen LogP contribution in [0.25, 0.3) is 21.8 Å². The number of carbonyl (C=O) groups is 1. The van der Waals surface area contributed by atoms with E-state index in [1.807, 2.05) is 54.8 Å². The highest BCUT2D eigenvalue weighted by atomic mass is 16.2. The third kappa shape index (κ3) is 3.35. The molecule has 0 saturated heterocycles. The maximum Gasteiger partial charge on any atom is 0.240 e. The van der Waals surface area contributed by atoms with Gasteiger partial charge in [-0.15, -0.1) is 0 Å². The SMILES string of the molecule is CCC(N)(CC)CNC(=O)Cn1c2ccccc2c(=O)c2ccccc21. The molecular formula is C21H25N3O2. The molecule has 5 heteroatoms. The van der Waals surface area contributed by atoms with Gasteiger partial charge in [-0.1, -0.05) is 38.1 Å². The third-order valence-electron chi connectivity index (χ3n) is 5.23. The van der Waals surface area contributed by atoms with Crippen molar-refractivity contribution < 1.29 is 4.79 Å². The van der Waals surface area contributed by atoms with Gasteiger partial charge >= 0.3 is 0 Å². The first-order chi connectivity index (χ1) is 12.5. The van der Waals surface area contributed by atoms with Gasteiger partial charge in [-0.3, -0.25) is 9.59 Å². The summed E-state index contributed by atoms with van der Waals surface area (Å²) in [4.78, 5) is 25.3. The lowest BCUT2D eigenvalue weighted by Crippen LogP contribution is -2.49. The van der Waals surface area contributed by atoms with Crippen molar-refractivity contribution >= 4 is 27.7 Å². The zero-order valence-corrected chi connectivity index (χ0v) is 15.3. The van der Waals surface area contributed by atoms with Crippen LogP contribution in [0.4, 0.5) is 0 Å². The third-order valence-corrected chi connectivity index (χ3v) is 5.23. The number of nitrogens with two attached hydrogens (primary N) is 1. The molecule has 0 saturated carbocycles. The molecule has 3 N–H and O–H groups in total. The van der Waals surface area contributed by atoms with E-state index in [1.54, 1.807) is 12.1 Å². The summed E-state index contributed by atoms with van der Waals surface area (Å²) in [6, 6.07) is 14.8. The summed E-state index contributed by atoms with van der Waals surface area (Å²) >= 11 is 0. The van der Waals surface area contributed by atoms with Crippen LogP contribution in [0, 0.1) is 0 Å². The van der Waals surface area contributed by atoms with Crippen molar-refractivity contribution in [3.05, 3.63) is 58.8 Å². The number of aromatic nitrogens is 1. The Morgan fingerprint density at radius 3 is 2.00 bits per heavy atom. The fourth-order valence-electron chi connectivity index (χ4n) is 3.22. The second-order valence-corrected chi connectivity index (χ2v) is 6.80. The minimum Gasteiger partial charge on any atom is -0.353 e. The standard InChI is InChI=1S/C21H25N3O2/c1-3-21(22,4-2)14-23-19(25)13-24-17-11-7-5-9-15(17)20(26)16-10-6-8-12-18(16)24/h5-12H,3-4,13-14,22H2,1-2H3,(H,23,25). The van der Waals surface area contributed by atoms with Crippen LogP contribution < -0.4 is 16.5 Å². The Balaban J connectivity index is 2.00. The van der Waals surface area contributed by atoms with Crippen LogP contribution in [0.1, 0.15) is 26.7 Å². The Kier molecular flexibility index (Phi) is 5.09. The van der Waals surface area contributed by atoms with Crippen LogP contribution >= 0.6 is 0 Å². The van der Waals surface area contributed by atoms with Gasteiger partial charge in [-0.25, -0.2) is 0 Å². The molecule has 5 nitrogen and oxygen atoms in total. The first-order valence-electron chi connectivity index (χ1n) is 9.05. The molecule has 0 spiro atoms. The number of pyridine rings is 1. The molecule has 0 unspecified atom stereocenters. The van der Waals surface area contributed by atoms with Crippen molar-refractivity contribution in [1.29, 1.82) is 0 Å². The minimum atomic E-state index is -0.386. The number of carbonyl (C=O) groups excluding carboxylic acids is 1. The van der Waals surface area contributed by atoms with Crippen LogP contribution in [0.5, 0.6) is 0 Å². The van der Waals surface area contributed by atoms with Gasteiger partial charge in [0.15, 0.2) is 5.43 Å². The summed E-state index contributed by atoms with van der Waals surface area (Å²) < 4.78 is 1.90. The van der Waals surface area contributed by atoms with Crippen LogP contribution in [0.3, 0.4) is 0 Å². The molecule has 1 amide bonds. The topological polar surface area (TPSA) is 77.1 Å². The van der Waals surface area contributed by atoms with Gasteiger partial charge in [0.1, 0.15) is 6.54 Å². The lowest BCUT2D eigenvalue weighted by Gasteiger charge is -2.27. The number of rotatable bonds is 6. The average molecular weight is 351 g/mol. The Morgan fingerprint density at radius 2 is 1.50 bits per heavy atom. The summed E-state index contributed by atoms with van der Waals surface area (Å²) in [6.45, 7) is 4.64. The smallest absolute Gasteiger partial charge is 0.240 e. The van der Waals surface area contributed by atoms with Gasteiger partial charge in [-0.05, 0) is 37.1 Å². The van der Waals surface area contributed by atoms with E-state index in [0.29, 0.717) is 17.3 Å². The fourth-order valence-corrected chi connectivity index (χ4v) is 3.22. The van der Waals surface area contributed by atoms with Gasteiger partial charge in [0.25, 0.3) is 0 Å². The second-order valence-electron chi connectivity index (χ2n) is 6.80. The Labute approximate surface area is 152 Å². The van der Waals surface area contributed by atoms with Crippen molar-refractivity contribution in [1.82, 2.24) is 9.88 Å². The molecule has 136 valence electrons. The first-order valence-corrected chi connectivity index (χ1v) is 9.05. The molecule has 3 rings (SSSR count). The fraction of sp³-hybridized carbons (Fsp3) is 0.333. The minimum absolute atomic E-state index is 0.00852. The van der Waals surface area contributed by atoms with Gasteiger partial charge in [0.05, 0.1) is 11.0 Å². The number of amides is 1. The Hall–Kier alpha value is -2.66. The number of hydrogen-bond donors (Lipinski definition) is 2. The molecule has 0 aliphatic carbocycles. The van der Waals surface area contributed by atoms with Crippen molar-refractivity contribution in [2.75, 3.05) is 6.54 Å². The normalized spacial score (nSPS) is 11.8. The van der Waals surface area contributed by atoms with E-state index in [2.05, 4.69) is 5.32 Å². The van der Waals surface area contributed by atoms with Crippen LogP contribution in [0.2, 0.25) is 0 Å². The lowest BCUT2D eigenvalue weighted by molar-refractivity contribution is -0.121. The van der Waals surface area contributed by atoms with Gasteiger partial charge in [-0.2, -0.15) is 0 Å². The van der Waals surface area contributed by atoms with Crippen LogP contribution in [-0.2, 0) is 11.3 Å². The average Bonchev–Trinajstić information content (AvgIpc) is 2.69. The van der Waals surface area contributed by atoms with E-state index in [4.69, 9.17) is 5.73 Å². The van der Waals surface area contributed by atoms with E-state index in [9.17, 15) is 9.59 Å². The van der Waals surface area contributed by atoms with Crippen molar-refractivity contribution in [3.63, 3.8) is 0 Å². The second kappa shape index (κ2) is 7.30. The molecule has 0 bridgehead atoms. The quantitative estimate of drug-likeness (QED) is 0.671. The molecule has 0 fully saturated rings. The predicted octanol–water partition coefficient (Wildman–Crippen LogP) is 2.79. The molecule has 0 aliphatic rings. The summed E-state index contributed by atoms with van der Waals surface area (Å²) in [5, 5.41) is 4.19. The maximum atomic E-state index is 12.7. The summed E-state index contributed by atoms with van der Waals surface area (Å²) in [5.74, 6) is -0.110. The van der Waals surface area contributed by atoms with Crippen molar-refractivity contribution in [3.8, 4) is 0 Å². The Morgan fingerprint density at radius 1 is 1.00 bits per heavy atom. The number of hydrogen-bond acceptors (Lipinski definition) is 3. The van der Waals surface area contributed by atoms with E-state index >= 15 is 0 Å². The molecule has 0 atom stereocenters. The molecule has 3 aromatic rings.